The molecule has 0 radical (unpaired) electrons. The van der Waals surface area contributed by atoms with Gasteiger partial charge in [0.05, 0.1) is 22.5 Å². The van der Waals surface area contributed by atoms with E-state index in [0.29, 0.717) is 22.0 Å². The van der Waals surface area contributed by atoms with Crippen LogP contribution in [0.2, 0.25) is 0 Å². The average Bonchev–Trinajstić information content (AvgIpc) is 3.01. The normalized spacial score (nSPS) is 21.5. The summed E-state index contributed by atoms with van der Waals surface area (Å²) in [5, 5.41) is 9.71. The Morgan fingerprint density at radius 1 is 1.38 bits per heavy atom. The van der Waals surface area contributed by atoms with Crippen LogP contribution in [0.4, 0.5) is 13.2 Å². The Bertz CT molecular complexity index is 642. The molecule has 1 aliphatic rings. The number of halogens is 3. The first kappa shape index (κ1) is 18.7. The van der Waals surface area contributed by atoms with Crippen molar-refractivity contribution in [1.82, 2.24) is 9.88 Å². The number of aryl methyl sites for hydroxylation is 1. The van der Waals surface area contributed by atoms with Crippen LogP contribution in [-0.2, 0) is 11.2 Å². The van der Waals surface area contributed by atoms with Gasteiger partial charge in [0, 0.05) is 13.1 Å². The summed E-state index contributed by atoms with van der Waals surface area (Å²) >= 11 is 1.14. The molecule has 24 heavy (non-hydrogen) atoms. The summed E-state index contributed by atoms with van der Waals surface area (Å²) in [6.45, 7) is 4.58. The monoisotopic (exact) mass is 364 g/mol. The molecule has 1 fully saturated rings. The minimum absolute atomic E-state index is 0.242. The molecule has 1 saturated heterocycles. The van der Waals surface area contributed by atoms with Gasteiger partial charge in [0.15, 0.2) is 0 Å². The number of carbonyl (C=O) groups is 2. The molecule has 0 aromatic carbocycles. The van der Waals surface area contributed by atoms with E-state index in [4.69, 9.17) is 5.11 Å². The Kier molecular flexibility index (Phi) is 5.22. The van der Waals surface area contributed by atoms with Gasteiger partial charge < -0.3 is 10.0 Å². The van der Waals surface area contributed by atoms with Gasteiger partial charge in [0.2, 0.25) is 0 Å². The van der Waals surface area contributed by atoms with Crippen molar-refractivity contribution in [2.75, 3.05) is 13.1 Å². The summed E-state index contributed by atoms with van der Waals surface area (Å²) in [6, 6.07) is 0. The molecule has 0 unspecified atom stereocenters. The highest BCUT2D eigenvalue weighted by Gasteiger charge is 2.53. The Hall–Kier alpha value is -1.64. The number of aliphatic carboxylic acids is 1. The molecule has 2 heterocycles. The van der Waals surface area contributed by atoms with Crippen LogP contribution in [-0.4, -0.2) is 46.1 Å². The van der Waals surface area contributed by atoms with Crippen molar-refractivity contribution < 1.29 is 27.9 Å². The molecule has 1 aromatic rings. The summed E-state index contributed by atoms with van der Waals surface area (Å²) < 4.78 is 39.2. The molecule has 0 bridgehead atoms. The van der Waals surface area contributed by atoms with Crippen LogP contribution in [0.1, 0.15) is 34.2 Å². The van der Waals surface area contributed by atoms with Crippen LogP contribution in [0.25, 0.3) is 0 Å². The second-order valence-corrected chi connectivity index (χ2v) is 7.61. The summed E-state index contributed by atoms with van der Waals surface area (Å²) in [5.41, 5.74) is 0.569. The van der Waals surface area contributed by atoms with E-state index in [1.165, 1.54) is 0 Å². The SMILES string of the molecule is Cc1nc(CC(C)C)c(C(=O)N2C[C@@H](C(F)(F)F)[C@H](C(=O)O)C2)s1. The van der Waals surface area contributed by atoms with Gasteiger partial charge in [0.25, 0.3) is 5.91 Å². The number of aromatic nitrogens is 1. The molecule has 2 rings (SSSR count). The first-order chi connectivity index (χ1) is 11.0. The number of alkyl halides is 3. The van der Waals surface area contributed by atoms with Crippen molar-refractivity contribution in [3.05, 3.63) is 15.6 Å². The van der Waals surface area contributed by atoms with Crippen molar-refractivity contribution in [3.8, 4) is 0 Å². The Labute approximate surface area is 141 Å². The molecule has 2 atom stereocenters. The zero-order valence-electron chi connectivity index (χ0n) is 13.6. The zero-order valence-corrected chi connectivity index (χ0v) is 14.4. The Morgan fingerprint density at radius 2 is 2.00 bits per heavy atom. The lowest BCUT2D eigenvalue weighted by Crippen LogP contribution is -2.34. The number of hydrogen-bond acceptors (Lipinski definition) is 4. The van der Waals surface area contributed by atoms with Crippen molar-refractivity contribution in [3.63, 3.8) is 0 Å². The van der Waals surface area contributed by atoms with Gasteiger partial charge in [-0.25, -0.2) is 4.98 Å². The largest absolute Gasteiger partial charge is 0.481 e. The fraction of sp³-hybridized carbons (Fsp3) is 0.667. The third kappa shape index (κ3) is 3.88. The van der Waals surface area contributed by atoms with Crippen LogP contribution in [0.3, 0.4) is 0 Å². The van der Waals surface area contributed by atoms with Crippen LogP contribution < -0.4 is 0 Å². The Morgan fingerprint density at radius 3 is 2.46 bits per heavy atom. The fourth-order valence-corrected chi connectivity index (χ4v) is 3.77. The molecule has 1 aliphatic heterocycles. The number of carboxylic acid groups (broad SMARTS) is 1. The number of carbonyl (C=O) groups excluding carboxylic acids is 1. The summed E-state index contributed by atoms with van der Waals surface area (Å²) in [6.07, 6.45) is -4.10. The number of thiazole rings is 1. The van der Waals surface area contributed by atoms with E-state index >= 15 is 0 Å². The van der Waals surface area contributed by atoms with Gasteiger partial charge in [-0.15, -0.1) is 11.3 Å². The molecule has 1 N–H and O–H groups in total. The second kappa shape index (κ2) is 6.70. The Balaban J connectivity index is 2.26. The van der Waals surface area contributed by atoms with Gasteiger partial charge in [-0.05, 0) is 19.3 Å². The molecule has 9 heteroatoms. The predicted molar refractivity (Wildman–Crippen MR) is 82.0 cm³/mol. The molecule has 0 spiro atoms. The maximum Gasteiger partial charge on any atom is 0.394 e. The van der Waals surface area contributed by atoms with Crippen molar-refractivity contribution in [2.24, 2.45) is 17.8 Å². The van der Waals surface area contributed by atoms with E-state index in [0.717, 1.165) is 16.2 Å². The van der Waals surface area contributed by atoms with E-state index in [1.807, 2.05) is 13.8 Å². The topological polar surface area (TPSA) is 70.5 Å². The first-order valence-corrected chi connectivity index (χ1v) is 8.37. The predicted octanol–water partition coefficient (Wildman–Crippen LogP) is 2.99. The zero-order chi connectivity index (χ0) is 18.2. The van der Waals surface area contributed by atoms with E-state index in [1.54, 1.807) is 6.92 Å². The standard InChI is InChI=1S/C15H19F3N2O3S/c1-7(2)4-11-12(24-8(3)19-11)13(21)20-5-9(14(22)23)10(6-20)15(16,17)18/h7,9-10H,4-6H2,1-3H3,(H,22,23)/t9-,10-/m1/s1. The fourth-order valence-electron chi connectivity index (χ4n) is 2.86. The number of amides is 1. The van der Waals surface area contributed by atoms with E-state index in [9.17, 15) is 22.8 Å². The highest BCUT2D eigenvalue weighted by Crippen LogP contribution is 2.38. The van der Waals surface area contributed by atoms with Crippen LogP contribution in [0.5, 0.6) is 0 Å². The molecular formula is C15H19F3N2O3S. The van der Waals surface area contributed by atoms with Crippen molar-refractivity contribution >= 4 is 23.2 Å². The van der Waals surface area contributed by atoms with Gasteiger partial charge >= 0.3 is 12.1 Å². The quantitative estimate of drug-likeness (QED) is 0.892. The molecule has 5 nitrogen and oxygen atoms in total. The summed E-state index contributed by atoms with van der Waals surface area (Å²) in [7, 11) is 0. The van der Waals surface area contributed by atoms with E-state index in [2.05, 4.69) is 4.98 Å². The molecular weight excluding hydrogens is 345 g/mol. The first-order valence-electron chi connectivity index (χ1n) is 7.55. The van der Waals surface area contributed by atoms with Crippen molar-refractivity contribution in [2.45, 2.75) is 33.4 Å². The maximum atomic E-state index is 13.1. The van der Waals surface area contributed by atoms with Gasteiger partial charge in [0.1, 0.15) is 4.88 Å². The summed E-state index contributed by atoms with van der Waals surface area (Å²) in [5.74, 6) is -5.52. The molecule has 1 amide bonds. The van der Waals surface area contributed by atoms with Gasteiger partial charge in [-0.3, -0.25) is 9.59 Å². The molecule has 1 aromatic heterocycles. The van der Waals surface area contributed by atoms with Crippen LogP contribution in [0.15, 0.2) is 0 Å². The number of hydrogen-bond donors (Lipinski definition) is 1. The molecule has 0 aliphatic carbocycles. The number of likely N-dealkylation sites (tertiary alicyclic amines) is 1. The number of carboxylic acids is 1. The highest BCUT2D eigenvalue weighted by atomic mass is 32.1. The van der Waals surface area contributed by atoms with Crippen LogP contribution >= 0.6 is 11.3 Å². The lowest BCUT2D eigenvalue weighted by molar-refractivity contribution is -0.187. The maximum absolute atomic E-state index is 13.1. The molecule has 134 valence electrons. The van der Waals surface area contributed by atoms with Crippen molar-refractivity contribution in [1.29, 1.82) is 0 Å². The lowest BCUT2D eigenvalue weighted by Gasteiger charge is -2.18. The highest BCUT2D eigenvalue weighted by molar-refractivity contribution is 7.13. The smallest absolute Gasteiger partial charge is 0.394 e. The van der Waals surface area contributed by atoms with Crippen LogP contribution in [0, 0.1) is 24.7 Å². The third-order valence-corrected chi connectivity index (χ3v) is 4.95. The lowest BCUT2D eigenvalue weighted by atomic mass is 9.96. The minimum Gasteiger partial charge on any atom is -0.481 e. The second-order valence-electron chi connectivity index (χ2n) is 6.41. The number of nitrogens with zero attached hydrogens (tertiary/aromatic N) is 2. The van der Waals surface area contributed by atoms with E-state index < -0.39 is 43.0 Å². The third-order valence-electron chi connectivity index (χ3n) is 3.94. The minimum atomic E-state index is -4.65. The van der Waals surface area contributed by atoms with E-state index in [-0.39, 0.29) is 5.92 Å². The molecule has 0 saturated carbocycles. The van der Waals surface area contributed by atoms with Gasteiger partial charge in [-0.1, -0.05) is 13.8 Å². The van der Waals surface area contributed by atoms with Gasteiger partial charge in [-0.2, -0.15) is 13.2 Å². The average molecular weight is 364 g/mol. The summed E-state index contributed by atoms with van der Waals surface area (Å²) in [4.78, 5) is 29.4. The number of rotatable bonds is 4.